The van der Waals surface area contributed by atoms with Gasteiger partial charge in [0, 0.05) is 38.2 Å². The van der Waals surface area contributed by atoms with E-state index in [0.29, 0.717) is 31.2 Å². The van der Waals surface area contributed by atoms with Crippen LogP contribution in [-0.2, 0) is 11.3 Å². The summed E-state index contributed by atoms with van der Waals surface area (Å²) in [5, 5.41) is 8.88. The minimum atomic E-state index is -0.246. The molecule has 0 bridgehead atoms. The highest BCUT2D eigenvalue weighted by Crippen LogP contribution is 2.05. The minimum Gasteiger partial charge on any atom is -0.355 e. The fraction of sp³-hybridized carbons (Fsp3) is 0.467. The summed E-state index contributed by atoms with van der Waals surface area (Å²) in [7, 11) is 1.64. The molecule has 1 aromatic rings. The van der Waals surface area contributed by atoms with Crippen LogP contribution in [0.15, 0.2) is 29.3 Å². The van der Waals surface area contributed by atoms with E-state index < -0.39 is 0 Å². The van der Waals surface area contributed by atoms with Crippen LogP contribution in [0.5, 0.6) is 0 Å². The fourth-order valence-corrected chi connectivity index (χ4v) is 1.61. The Balaban J connectivity index is 2.30. The van der Waals surface area contributed by atoms with Gasteiger partial charge in [0.15, 0.2) is 5.96 Å². The molecule has 0 spiro atoms. The first-order valence-electron chi connectivity index (χ1n) is 7.00. The van der Waals surface area contributed by atoms with Crippen molar-refractivity contribution >= 4 is 11.9 Å². The second kappa shape index (κ2) is 8.94. The molecule has 0 saturated heterocycles. The van der Waals surface area contributed by atoms with Crippen LogP contribution < -0.4 is 16.0 Å². The zero-order valence-electron chi connectivity index (χ0n) is 12.7. The number of carbonyl (C=O) groups excluding carboxylic acids is 1. The van der Waals surface area contributed by atoms with Gasteiger partial charge in [-0.15, -0.1) is 0 Å². The van der Waals surface area contributed by atoms with Gasteiger partial charge in [-0.25, -0.2) is 4.39 Å². The van der Waals surface area contributed by atoms with Gasteiger partial charge in [0.25, 0.3) is 0 Å². The Bertz CT molecular complexity index is 488. The van der Waals surface area contributed by atoms with Gasteiger partial charge in [0.1, 0.15) is 5.82 Å². The van der Waals surface area contributed by atoms with E-state index in [1.165, 1.54) is 6.07 Å². The maximum atomic E-state index is 13.5. The van der Waals surface area contributed by atoms with Gasteiger partial charge >= 0.3 is 0 Å². The third-order valence-corrected chi connectivity index (χ3v) is 2.87. The topological polar surface area (TPSA) is 65.5 Å². The van der Waals surface area contributed by atoms with Gasteiger partial charge in [0.2, 0.25) is 5.91 Å². The summed E-state index contributed by atoms with van der Waals surface area (Å²) in [4.78, 5) is 15.4. The molecule has 0 aliphatic rings. The van der Waals surface area contributed by atoms with Crippen molar-refractivity contribution in [1.29, 1.82) is 0 Å². The second-order valence-corrected chi connectivity index (χ2v) is 4.89. The van der Waals surface area contributed by atoms with Crippen LogP contribution in [0.4, 0.5) is 4.39 Å². The quantitative estimate of drug-likeness (QED) is 0.420. The molecule has 1 aromatic carbocycles. The number of hydrogen-bond acceptors (Lipinski definition) is 2. The van der Waals surface area contributed by atoms with Gasteiger partial charge in [-0.1, -0.05) is 32.0 Å². The average Bonchev–Trinajstić information content (AvgIpc) is 2.47. The second-order valence-electron chi connectivity index (χ2n) is 4.89. The molecule has 0 saturated carbocycles. The third-order valence-electron chi connectivity index (χ3n) is 2.87. The molecule has 5 nitrogen and oxygen atoms in total. The summed E-state index contributed by atoms with van der Waals surface area (Å²) in [6, 6.07) is 6.59. The van der Waals surface area contributed by atoms with Gasteiger partial charge in [-0.05, 0) is 6.07 Å². The van der Waals surface area contributed by atoms with Crippen molar-refractivity contribution < 1.29 is 9.18 Å². The molecule has 0 atom stereocenters. The number of halogens is 1. The molecule has 0 aromatic heterocycles. The van der Waals surface area contributed by atoms with E-state index in [1.807, 2.05) is 13.8 Å². The Morgan fingerprint density at radius 2 is 1.86 bits per heavy atom. The smallest absolute Gasteiger partial charge is 0.222 e. The van der Waals surface area contributed by atoms with Gasteiger partial charge < -0.3 is 16.0 Å². The number of nitrogens with one attached hydrogen (secondary N) is 3. The SMILES string of the molecule is CN=C(NCCNC(=O)C(C)C)NCc1ccccc1F. The van der Waals surface area contributed by atoms with Gasteiger partial charge in [-0.3, -0.25) is 9.79 Å². The maximum Gasteiger partial charge on any atom is 0.222 e. The Morgan fingerprint density at radius 3 is 2.48 bits per heavy atom. The number of benzene rings is 1. The number of hydrogen-bond donors (Lipinski definition) is 3. The largest absolute Gasteiger partial charge is 0.355 e. The molecule has 0 unspecified atom stereocenters. The van der Waals surface area contributed by atoms with Crippen molar-refractivity contribution in [1.82, 2.24) is 16.0 Å². The first kappa shape index (κ1) is 16.9. The molecule has 6 heteroatoms. The van der Waals surface area contributed by atoms with Crippen LogP contribution >= 0.6 is 0 Å². The normalized spacial score (nSPS) is 11.4. The summed E-state index contributed by atoms with van der Waals surface area (Å²) < 4.78 is 13.5. The molecule has 21 heavy (non-hydrogen) atoms. The van der Waals surface area contributed by atoms with Crippen molar-refractivity contribution in [2.24, 2.45) is 10.9 Å². The van der Waals surface area contributed by atoms with Crippen molar-refractivity contribution in [2.75, 3.05) is 20.1 Å². The summed E-state index contributed by atoms with van der Waals surface area (Å²) >= 11 is 0. The lowest BCUT2D eigenvalue weighted by molar-refractivity contribution is -0.123. The molecule has 0 aliphatic heterocycles. The third kappa shape index (κ3) is 6.25. The zero-order chi connectivity index (χ0) is 15.7. The van der Waals surface area contributed by atoms with E-state index in [1.54, 1.807) is 25.2 Å². The Kier molecular flexibility index (Phi) is 7.21. The lowest BCUT2D eigenvalue weighted by Gasteiger charge is -2.13. The van der Waals surface area contributed by atoms with E-state index in [2.05, 4.69) is 20.9 Å². The predicted molar refractivity (Wildman–Crippen MR) is 82.4 cm³/mol. The monoisotopic (exact) mass is 294 g/mol. The van der Waals surface area contributed by atoms with E-state index in [-0.39, 0.29) is 17.6 Å². The van der Waals surface area contributed by atoms with Crippen LogP contribution in [-0.4, -0.2) is 32.0 Å². The fourth-order valence-electron chi connectivity index (χ4n) is 1.61. The van der Waals surface area contributed by atoms with Crippen molar-refractivity contribution in [3.05, 3.63) is 35.6 Å². The van der Waals surface area contributed by atoms with Crippen molar-refractivity contribution in [2.45, 2.75) is 20.4 Å². The van der Waals surface area contributed by atoms with Gasteiger partial charge in [0.05, 0.1) is 0 Å². The van der Waals surface area contributed by atoms with E-state index in [9.17, 15) is 9.18 Å². The van der Waals surface area contributed by atoms with Crippen LogP contribution in [0.3, 0.4) is 0 Å². The van der Waals surface area contributed by atoms with E-state index >= 15 is 0 Å². The lowest BCUT2D eigenvalue weighted by atomic mass is 10.2. The van der Waals surface area contributed by atoms with Crippen LogP contribution in [0.2, 0.25) is 0 Å². The summed E-state index contributed by atoms with van der Waals surface area (Å²) in [5.74, 6) is 0.316. The number of nitrogens with zero attached hydrogens (tertiary/aromatic N) is 1. The van der Waals surface area contributed by atoms with E-state index in [4.69, 9.17) is 0 Å². The first-order valence-corrected chi connectivity index (χ1v) is 7.00. The first-order chi connectivity index (χ1) is 10.0. The molecule has 0 aliphatic carbocycles. The number of amides is 1. The maximum absolute atomic E-state index is 13.5. The standard InChI is InChI=1S/C15H23FN4O/c1-11(2)14(21)18-8-9-19-15(17-3)20-10-12-6-4-5-7-13(12)16/h4-7,11H,8-10H2,1-3H3,(H,18,21)(H2,17,19,20). The van der Waals surface area contributed by atoms with Crippen LogP contribution in [0.1, 0.15) is 19.4 Å². The summed E-state index contributed by atoms with van der Waals surface area (Å²) in [6.45, 7) is 5.10. The molecule has 1 amide bonds. The Hall–Kier alpha value is -2.11. The predicted octanol–water partition coefficient (Wildman–Crippen LogP) is 1.26. The molecule has 0 heterocycles. The van der Waals surface area contributed by atoms with Gasteiger partial charge in [-0.2, -0.15) is 0 Å². The highest BCUT2D eigenvalue weighted by atomic mass is 19.1. The zero-order valence-corrected chi connectivity index (χ0v) is 12.7. The average molecular weight is 294 g/mol. The highest BCUT2D eigenvalue weighted by molar-refractivity contribution is 5.80. The van der Waals surface area contributed by atoms with Crippen molar-refractivity contribution in [3.63, 3.8) is 0 Å². The summed E-state index contributed by atoms with van der Waals surface area (Å²) in [5.41, 5.74) is 0.577. The number of rotatable bonds is 6. The molecule has 0 radical (unpaired) electrons. The highest BCUT2D eigenvalue weighted by Gasteiger charge is 2.05. The molecule has 1 rings (SSSR count). The summed E-state index contributed by atoms with van der Waals surface area (Å²) in [6.07, 6.45) is 0. The number of carbonyl (C=O) groups is 1. The molecule has 0 fully saturated rings. The van der Waals surface area contributed by atoms with Crippen LogP contribution in [0.25, 0.3) is 0 Å². The van der Waals surface area contributed by atoms with Crippen LogP contribution in [0, 0.1) is 11.7 Å². The van der Waals surface area contributed by atoms with E-state index in [0.717, 1.165) is 0 Å². The van der Waals surface area contributed by atoms with Crippen molar-refractivity contribution in [3.8, 4) is 0 Å². The minimum absolute atomic E-state index is 0.0195. The molecular weight excluding hydrogens is 271 g/mol. The number of guanidine groups is 1. The molecule has 116 valence electrons. The molecular formula is C15H23FN4O. The Labute approximate surface area is 125 Å². The lowest BCUT2D eigenvalue weighted by Crippen LogP contribution is -2.41. The Morgan fingerprint density at radius 1 is 1.19 bits per heavy atom. The molecule has 3 N–H and O–H groups in total. The number of aliphatic imine (C=N–C) groups is 1.